The number of rotatable bonds is 9. The van der Waals surface area contributed by atoms with Gasteiger partial charge in [-0.1, -0.05) is 64.5 Å². The number of unbranched alkanes of at least 4 members (excludes halogenated alkanes) is 2. The molecule has 0 spiro atoms. The molecule has 28 heavy (non-hydrogen) atoms. The third-order valence-electron chi connectivity index (χ3n) is 7.20. The molecule has 2 aliphatic carbocycles. The fraction of sp³-hybridized carbons (Fsp3) is 0.731. The van der Waals surface area contributed by atoms with Crippen molar-refractivity contribution in [1.82, 2.24) is 0 Å². The lowest BCUT2D eigenvalue weighted by Gasteiger charge is -2.28. The highest BCUT2D eigenvalue weighted by atomic mass is 16.5. The molecule has 0 heterocycles. The second-order valence-corrected chi connectivity index (χ2v) is 9.37. The molecule has 2 nitrogen and oxygen atoms in total. The van der Waals surface area contributed by atoms with Crippen LogP contribution in [0.4, 0.5) is 0 Å². The highest BCUT2D eigenvalue weighted by Gasteiger charge is 2.31. The fourth-order valence-electron chi connectivity index (χ4n) is 5.43. The third-order valence-corrected chi connectivity index (χ3v) is 7.20. The van der Waals surface area contributed by atoms with Gasteiger partial charge in [0.15, 0.2) is 0 Å². The number of carbonyl (C=O) groups excluding carboxylic acids is 1. The van der Waals surface area contributed by atoms with E-state index in [0.29, 0.717) is 5.92 Å². The Balaban J connectivity index is 1.44. The zero-order valence-electron chi connectivity index (χ0n) is 18.1. The van der Waals surface area contributed by atoms with Gasteiger partial charge in [-0.15, -0.1) is 0 Å². The maximum Gasteiger partial charge on any atom is 0.314 e. The number of benzene rings is 1. The smallest absolute Gasteiger partial charge is 0.314 e. The number of hydrogen-bond acceptors (Lipinski definition) is 2. The van der Waals surface area contributed by atoms with E-state index < -0.39 is 0 Å². The first kappa shape index (κ1) is 21.4. The third kappa shape index (κ3) is 6.09. The Morgan fingerprint density at radius 2 is 1.57 bits per heavy atom. The van der Waals surface area contributed by atoms with Gasteiger partial charge >= 0.3 is 5.97 Å². The van der Waals surface area contributed by atoms with E-state index in [0.717, 1.165) is 30.4 Å². The van der Waals surface area contributed by atoms with Crippen molar-refractivity contribution in [1.29, 1.82) is 0 Å². The minimum Gasteiger partial charge on any atom is -0.426 e. The molecule has 2 saturated carbocycles. The average molecular weight is 385 g/mol. The maximum atomic E-state index is 12.6. The van der Waals surface area contributed by atoms with E-state index in [1.54, 1.807) is 0 Å². The van der Waals surface area contributed by atoms with E-state index in [1.807, 2.05) is 12.1 Å². The number of carbonyl (C=O) groups is 1. The average Bonchev–Trinajstić information content (AvgIpc) is 3.19. The SMILES string of the molecule is CCCCC[C@@H]1CC[C@@H](C(=O)Oc2ccc([C@H]3CC[C@H](CCC)CC3)cc2)C1. The van der Waals surface area contributed by atoms with Gasteiger partial charge in [0.1, 0.15) is 5.75 Å². The van der Waals surface area contributed by atoms with Crippen LogP contribution in [-0.4, -0.2) is 5.97 Å². The van der Waals surface area contributed by atoms with Crippen molar-refractivity contribution in [3.05, 3.63) is 29.8 Å². The Hall–Kier alpha value is -1.31. The molecule has 1 aromatic rings. The molecule has 3 rings (SSSR count). The van der Waals surface area contributed by atoms with Gasteiger partial charge in [0.2, 0.25) is 0 Å². The van der Waals surface area contributed by atoms with Crippen molar-refractivity contribution in [3.8, 4) is 5.75 Å². The quantitative estimate of drug-likeness (QED) is 0.248. The Kier molecular flexibility index (Phi) is 8.43. The van der Waals surface area contributed by atoms with Gasteiger partial charge in [0.25, 0.3) is 0 Å². The second kappa shape index (κ2) is 11.0. The Labute approximate surface area is 172 Å². The highest BCUT2D eigenvalue weighted by molar-refractivity contribution is 5.75. The Morgan fingerprint density at radius 1 is 0.857 bits per heavy atom. The van der Waals surface area contributed by atoms with Gasteiger partial charge in [0.05, 0.1) is 5.92 Å². The fourth-order valence-corrected chi connectivity index (χ4v) is 5.43. The molecule has 2 atom stereocenters. The molecule has 0 amide bonds. The van der Waals surface area contributed by atoms with Gasteiger partial charge < -0.3 is 4.74 Å². The Bertz CT molecular complexity index is 583. The van der Waals surface area contributed by atoms with Crippen LogP contribution in [0.25, 0.3) is 0 Å². The van der Waals surface area contributed by atoms with E-state index in [9.17, 15) is 4.79 Å². The van der Waals surface area contributed by atoms with Crippen LogP contribution >= 0.6 is 0 Å². The van der Waals surface area contributed by atoms with Crippen LogP contribution in [0.1, 0.15) is 109 Å². The predicted octanol–water partition coefficient (Wildman–Crippen LogP) is 7.66. The van der Waals surface area contributed by atoms with Gasteiger partial charge in [-0.3, -0.25) is 4.79 Å². The summed E-state index contributed by atoms with van der Waals surface area (Å²) in [5, 5.41) is 0. The van der Waals surface area contributed by atoms with Crippen molar-refractivity contribution in [3.63, 3.8) is 0 Å². The van der Waals surface area contributed by atoms with Crippen molar-refractivity contribution in [2.24, 2.45) is 17.8 Å². The normalized spacial score (nSPS) is 27.6. The van der Waals surface area contributed by atoms with Crippen LogP contribution < -0.4 is 4.74 Å². The van der Waals surface area contributed by atoms with Crippen LogP contribution in [0.5, 0.6) is 5.75 Å². The summed E-state index contributed by atoms with van der Waals surface area (Å²) in [6, 6.07) is 8.41. The van der Waals surface area contributed by atoms with Crippen molar-refractivity contribution < 1.29 is 9.53 Å². The molecule has 2 aliphatic rings. The molecular weight excluding hydrogens is 344 g/mol. The molecular formula is C26H40O2. The summed E-state index contributed by atoms with van der Waals surface area (Å²) in [5.74, 6) is 3.19. The van der Waals surface area contributed by atoms with Crippen LogP contribution in [0, 0.1) is 17.8 Å². The monoisotopic (exact) mass is 384 g/mol. The number of hydrogen-bond donors (Lipinski definition) is 0. The maximum absolute atomic E-state index is 12.6. The van der Waals surface area contributed by atoms with Crippen LogP contribution in [-0.2, 0) is 4.79 Å². The Morgan fingerprint density at radius 3 is 2.25 bits per heavy atom. The highest BCUT2D eigenvalue weighted by Crippen LogP contribution is 2.38. The first-order chi connectivity index (χ1) is 13.7. The molecule has 2 heteroatoms. The predicted molar refractivity (Wildman–Crippen MR) is 117 cm³/mol. The van der Waals surface area contributed by atoms with Crippen LogP contribution in [0.2, 0.25) is 0 Å². The molecule has 1 aromatic carbocycles. The lowest BCUT2D eigenvalue weighted by Crippen LogP contribution is -2.18. The van der Waals surface area contributed by atoms with Crippen molar-refractivity contribution >= 4 is 5.97 Å². The lowest BCUT2D eigenvalue weighted by molar-refractivity contribution is -0.138. The topological polar surface area (TPSA) is 26.3 Å². The molecule has 2 fully saturated rings. The second-order valence-electron chi connectivity index (χ2n) is 9.37. The zero-order chi connectivity index (χ0) is 19.8. The molecule has 0 unspecified atom stereocenters. The summed E-state index contributed by atoms with van der Waals surface area (Å²) in [5.41, 5.74) is 1.42. The van der Waals surface area contributed by atoms with Gasteiger partial charge in [-0.2, -0.15) is 0 Å². The molecule has 0 aliphatic heterocycles. The van der Waals surface area contributed by atoms with Crippen LogP contribution in [0.3, 0.4) is 0 Å². The lowest BCUT2D eigenvalue weighted by atomic mass is 9.77. The number of esters is 1. The van der Waals surface area contributed by atoms with E-state index >= 15 is 0 Å². The summed E-state index contributed by atoms with van der Waals surface area (Å²) in [7, 11) is 0. The largest absolute Gasteiger partial charge is 0.426 e. The molecule has 0 N–H and O–H groups in total. The molecule has 0 saturated heterocycles. The molecule has 0 bridgehead atoms. The van der Waals surface area contributed by atoms with Gasteiger partial charge in [0, 0.05) is 0 Å². The van der Waals surface area contributed by atoms with E-state index in [1.165, 1.54) is 76.2 Å². The standard InChI is InChI=1S/C26H40O2/c1-3-5-6-8-21-11-14-24(19-21)26(27)28-25-17-15-23(16-18-25)22-12-9-20(7-4-2)10-13-22/h15-18,20-22,24H,3-14,19H2,1-2H3/t20-,21-,22-,24-/m1/s1. The summed E-state index contributed by atoms with van der Waals surface area (Å²) in [6.45, 7) is 4.54. The first-order valence-corrected chi connectivity index (χ1v) is 12.0. The minimum atomic E-state index is -0.00850. The van der Waals surface area contributed by atoms with E-state index in [4.69, 9.17) is 4.74 Å². The summed E-state index contributed by atoms with van der Waals surface area (Å²) < 4.78 is 5.72. The first-order valence-electron chi connectivity index (χ1n) is 12.0. The molecule has 156 valence electrons. The zero-order valence-corrected chi connectivity index (χ0v) is 18.1. The van der Waals surface area contributed by atoms with Crippen molar-refractivity contribution in [2.75, 3.05) is 0 Å². The number of ether oxygens (including phenoxy) is 1. The summed E-state index contributed by atoms with van der Waals surface area (Å²) >= 11 is 0. The minimum absolute atomic E-state index is 0.00850. The van der Waals surface area contributed by atoms with Gasteiger partial charge in [-0.05, 0) is 80.4 Å². The van der Waals surface area contributed by atoms with Gasteiger partial charge in [-0.25, -0.2) is 0 Å². The molecule has 0 aromatic heterocycles. The summed E-state index contributed by atoms with van der Waals surface area (Å²) in [4.78, 5) is 12.6. The van der Waals surface area contributed by atoms with E-state index in [-0.39, 0.29) is 11.9 Å². The van der Waals surface area contributed by atoms with E-state index in [2.05, 4.69) is 26.0 Å². The van der Waals surface area contributed by atoms with Crippen LogP contribution in [0.15, 0.2) is 24.3 Å². The van der Waals surface area contributed by atoms with Crippen molar-refractivity contribution in [2.45, 2.75) is 103 Å². The molecule has 0 radical (unpaired) electrons. The summed E-state index contributed by atoms with van der Waals surface area (Å²) in [6.07, 6.45) is 16.5.